The summed E-state index contributed by atoms with van der Waals surface area (Å²) >= 11 is 1.26. The fraction of sp³-hybridized carbons (Fsp3) is 0.167. The maximum Gasteiger partial charge on any atom is 0.276 e. The molecule has 1 fully saturated rings. The Morgan fingerprint density at radius 2 is 1.89 bits per heavy atom. The summed E-state index contributed by atoms with van der Waals surface area (Å²) in [7, 11) is -3.37. The minimum Gasteiger partial charge on any atom is -0.296 e. The first-order valence-corrected chi connectivity index (χ1v) is 10.7. The Morgan fingerprint density at radius 3 is 2.63 bits per heavy atom. The molecular formula is C18H16N4O3S2. The van der Waals surface area contributed by atoms with Crippen molar-refractivity contribution in [3.63, 3.8) is 0 Å². The number of anilines is 2. The van der Waals surface area contributed by atoms with Crippen LogP contribution in [0.25, 0.3) is 11.3 Å². The van der Waals surface area contributed by atoms with Crippen LogP contribution in [0.2, 0.25) is 0 Å². The molecule has 0 unspecified atom stereocenters. The van der Waals surface area contributed by atoms with E-state index in [1.54, 1.807) is 48.0 Å². The number of pyridine rings is 1. The van der Waals surface area contributed by atoms with E-state index in [-0.39, 0.29) is 11.2 Å². The molecule has 9 heteroatoms. The zero-order chi connectivity index (χ0) is 18.9. The molecule has 0 radical (unpaired) electrons. The normalized spacial score (nSPS) is 13.9. The average Bonchev–Trinajstić information content (AvgIpc) is 3.44. The second kappa shape index (κ2) is 7.09. The molecule has 2 aromatic heterocycles. The Balaban J connectivity index is 1.56. The van der Waals surface area contributed by atoms with E-state index in [1.165, 1.54) is 11.3 Å². The fourth-order valence-electron chi connectivity index (χ4n) is 2.52. The van der Waals surface area contributed by atoms with Crippen LogP contribution >= 0.6 is 11.3 Å². The van der Waals surface area contributed by atoms with Crippen LogP contribution in [0.3, 0.4) is 0 Å². The van der Waals surface area contributed by atoms with Crippen molar-refractivity contribution in [2.75, 3.05) is 10.0 Å². The van der Waals surface area contributed by atoms with Crippen LogP contribution < -0.4 is 10.0 Å². The van der Waals surface area contributed by atoms with Crippen molar-refractivity contribution in [3.05, 3.63) is 59.7 Å². The molecule has 0 atom stereocenters. The number of carbonyl (C=O) groups is 1. The Kier molecular flexibility index (Phi) is 4.63. The summed E-state index contributed by atoms with van der Waals surface area (Å²) in [6.45, 7) is 0. The Labute approximate surface area is 160 Å². The summed E-state index contributed by atoms with van der Waals surface area (Å²) in [5, 5.41) is 4.59. The van der Waals surface area contributed by atoms with E-state index >= 15 is 0 Å². The van der Waals surface area contributed by atoms with Crippen LogP contribution in [0, 0.1) is 0 Å². The third-order valence-corrected chi connectivity index (χ3v) is 6.65. The van der Waals surface area contributed by atoms with Crippen molar-refractivity contribution < 1.29 is 13.2 Å². The molecule has 2 heterocycles. The van der Waals surface area contributed by atoms with E-state index in [0.29, 0.717) is 40.6 Å². The van der Waals surface area contributed by atoms with E-state index in [9.17, 15) is 13.2 Å². The molecule has 7 nitrogen and oxygen atoms in total. The minimum atomic E-state index is -3.37. The van der Waals surface area contributed by atoms with Gasteiger partial charge in [-0.2, -0.15) is 0 Å². The lowest BCUT2D eigenvalue weighted by atomic mass is 10.1. The van der Waals surface area contributed by atoms with Gasteiger partial charge in [-0.15, -0.1) is 11.3 Å². The number of thiazole rings is 1. The topological polar surface area (TPSA) is 101 Å². The predicted molar refractivity (Wildman–Crippen MR) is 105 cm³/mol. The average molecular weight is 400 g/mol. The van der Waals surface area contributed by atoms with E-state index in [4.69, 9.17) is 0 Å². The zero-order valence-corrected chi connectivity index (χ0v) is 15.8. The van der Waals surface area contributed by atoms with Crippen molar-refractivity contribution in [1.29, 1.82) is 0 Å². The van der Waals surface area contributed by atoms with Gasteiger partial charge in [-0.3, -0.25) is 19.8 Å². The maximum absolute atomic E-state index is 12.3. The number of aromatic nitrogens is 2. The zero-order valence-electron chi connectivity index (χ0n) is 14.1. The number of amides is 1. The lowest BCUT2D eigenvalue weighted by Gasteiger charge is -2.10. The number of hydrogen-bond donors (Lipinski definition) is 2. The van der Waals surface area contributed by atoms with E-state index in [2.05, 4.69) is 20.0 Å². The highest BCUT2D eigenvalue weighted by atomic mass is 32.2. The van der Waals surface area contributed by atoms with Crippen LogP contribution in [-0.2, 0) is 10.0 Å². The molecule has 1 aliphatic carbocycles. The van der Waals surface area contributed by atoms with Gasteiger partial charge in [0, 0.05) is 17.1 Å². The number of rotatable bonds is 6. The Bertz CT molecular complexity index is 1080. The molecule has 138 valence electrons. The van der Waals surface area contributed by atoms with Gasteiger partial charge >= 0.3 is 0 Å². The van der Waals surface area contributed by atoms with Gasteiger partial charge in [-0.1, -0.05) is 24.3 Å². The van der Waals surface area contributed by atoms with Crippen molar-refractivity contribution in [2.24, 2.45) is 0 Å². The standard InChI is InChI=1S/C18H16N4O3S2/c23-17(15-7-3-4-10-19-15)21-18-20-16(11-26-18)13-5-1-2-6-14(13)22-27(24,25)12-8-9-12/h1-7,10-12,22H,8-9H2,(H,20,21,23). The number of para-hydroxylation sites is 1. The molecule has 0 saturated heterocycles. The van der Waals surface area contributed by atoms with Gasteiger partial charge in [0.15, 0.2) is 5.13 Å². The summed E-state index contributed by atoms with van der Waals surface area (Å²) in [5.74, 6) is -0.348. The highest BCUT2D eigenvalue weighted by Gasteiger charge is 2.36. The number of sulfonamides is 1. The first-order valence-electron chi connectivity index (χ1n) is 8.32. The number of nitrogens with one attached hydrogen (secondary N) is 2. The lowest BCUT2D eigenvalue weighted by molar-refractivity contribution is 0.102. The van der Waals surface area contributed by atoms with E-state index in [0.717, 1.165) is 0 Å². The molecule has 27 heavy (non-hydrogen) atoms. The summed E-state index contributed by atoms with van der Waals surface area (Å²) in [4.78, 5) is 20.6. The molecule has 3 aromatic rings. The number of carbonyl (C=O) groups excluding carboxylic acids is 1. The van der Waals surface area contributed by atoms with E-state index < -0.39 is 10.0 Å². The van der Waals surface area contributed by atoms with Gasteiger partial charge in [0.1, 0.15) is 5.69 Å². The summed E-state index contributed by atoms with van der Waals surface area (Å²) in [6.07, 6.45) is 2.93. The van der Waals surface area contributed by atoms with Crippen molar-refractivity contribution >= 4 is 38.1 Å². The monoisotopic (exact) mass is 400 g/mol. The van der Waals surface area contributed by atoms with Gasteiger partial charge in [0.05, 0.1) is 16.6 Å². The molecule has 1 amide bonds. The number of nitrogens with zero attached hydrogens (tertiary/aromatic N) is 2. The Morgan fingerprint density at radius 1 is 1.11 bits per heavy atom. The van der Waals surface area contributed by atoms with Gasteiger partial charge in [-0.05, 0) is 31.0 Å². The van der Waals surface area contributed by atoms with Gasteiger partial charge < -0.3 is 0 Å². The molecule has 1 aromatic carbocycles. The highest BCUT2D eigenvalue weighted by Crippen LogP contribution is 2.34. The lowest BCUT2D eigenvalue weighted by Crippen LogP contribution is -2.17. The van der Waals surface area contributed by atoms with Crippen molar-refractivity contribution in [3.8, 4) is 11.3 Å². The third kappa shape index (κ3) is 3.99. The van der Waals surface area contributed by atoms with Gasteiger partial charge in [0.25, 0.3) is 5.91 Å². The quantitative estimate of drug-likeness (QED) is 0.661. The second-order valence-corrected chi connectivity index (χ2v) is 8.92. The van der Waals surface area contributed by atoms with E-state index in [1.807, 2.05) is 6.07 Å². The van der Waals surface area contributed by atoms with Crippen LogP contribution in [0.5, 0.6) is 0 Å². The molecule has 1 aliphatic rings. The molecule has 0 bridgehead atoms. The third-order valence-electron chi connectivity index (χ3n) is 4.04. The van der Waals surface area contributed by atoms with Crippen molar-refractivity contribution in [1.82, 2.24) is 9.97 Å². The first-order chi connectivity index (χ1) is 13.0. The maximum atomic E-state index is 12.3. The van der Waals surface area contributed by atoms with Gasteiger partial charge in [0.2, 0.25) is 10.0 Å². The minimum absolute atomic E-state index is 0.298. The van der Waals surface area contributed by atoms with Crippen LogP contribution in [-0.4, -0.2) is 29.5 Å². The number of benzene rings is 1. The molecule has 4 rings (SSSR count). The predicted octanol–water partition coefficient (Wildman–Crippen LogP) is 3.36. The molecule has 0 spiro atoms. The molecule has 1 saturated carbocycles. The Hall–Kier alpha value is -2.78. The first kappa shape index (κ1) is 17.6. The highest BCUT2D eigenvalue weighted by molar-refractivity contribution is 7.93. The summed E-state index contributed by atoms with van der Waals surface area (Å²) in [6, 6.07) is 12.2. The van der Waals surface area contributed by atoms with Crippen molar-refractivity contribution in [2.45, 2.75) is 18.1 Å². The van der Waals surface area contributed by atoms with Gasteiger partial charge in [-0.25, -0.2) is 13.4 Å². The largest absolute Gasteiger partial charge is 0.296 e. The summed E-state index contributed by atoms with van der Waals surface area (Å²) < 4.78 is 27.2. The smallest absolute Gasteiger partial charge is 0.276 e. The number of hydrogen-bond acceptors (Lipinski definition) is 6. The summed E-state index contributed by atoms with van der Waals surface area (Å²) in [5.41, 5.74) is 2.03. The van der Waals surface area contributed by atoms with Crippen LogP contribution in [0.4, 0.5) is 10.8 Å². The van der Waals surface area contributed by atoms with Crippen LogP contribution in [0.1, 0.15) is 23.3 Å². The second-order valence-electron chi connectivity index (χ2n) is 6.10. The fourth-order valence-corrected chi connectivity index (χ4v) is 4.64. The molecule has 0 aliphatic heterocycles. The molecular weight excluding hydrogens is 384 g/mol. The SMILES string of the molecule is O=C(Nc1nc(-c2ccccc2NS(=O)(=O)C2CC2)cs1)c1ccccn1. The van der Waals surface area contributed by atoms with Crippen LogP contribution in [0.15, 0.2) is 54.0 Å². The molecule has 2 N–H and O–H groups in total.